The van der Waals surface area contributed by atoms with Crippen molar-refractivity contribution in [3.8, 4) is 0 Å². The Morgan fingerprint density at radius 3 is 2.41 bits per heavy atom. The number of nitrogens with zero attached hydrogens (tertiary/aromatic N) is 2. The summed E-state index contributed by atoms with van der Waals surface area (Å²) in [7, 11) is 0. The van der Waals surface area contributed by atoms with Gasteiger partial charge in [-0.25, -0.2) is 8.78 Å². The molecule has 2 aromatic carbocycles. The van der Waals surface area contributed by atoms with Crippen LogP contribution in [0.25, 0.3) is 0 Å². The van der Waals surface area contributed by atoms with Crippen LogP contribution >= 0.6 is 0 Å². The zero-order valence-corrected chi connectivity index (χ0v) is 19.4. The van der Waals surface area contributed by atoms with E-state index >= 15 is 0 Å². The van der Waals surface area contributed by atoms with Crippen LogP contribution < -0.4 is 5.32 Å². The van der Waals surface area contributed by atoms with Crippen molar-refractivity contribution in [1.29, 1.82) is 0 Å². The summed E-state index contributed by atoms with van der Waals surface area (Å²) in [5, 5.41) is 2.58. The molecule has 0 unspecified atom stereocenters. The first-order chi connectivity index (χ1) is 16.4. The number of hydrogen-bond acceptors (Lipinski definition) is 3. The van der Waals surface area contributed by atoms with Crippen LogP contribution in [-0.4, -0.2) is 59.7 Å². The van der Waals surface area contributed by atoms with Crippen LogP contribution in [0.4, 0.5) is 8.78 Å². The smallest absolute Gasteiger partial charge is 0.254 e. The number of nitrogens with one attached hydrogen (secondary N) is 1. The third-order valence-corrected chi connectivity index (χ3v) is 6.03. The summed E-state index contributed by atoms with van der Waals surface area (Å²) in [4.78, 5) is 41.4. The fourth-order valence-electron chi connectivity index (χ4n) is 4.25. The molecule has 1 heterocycles. The summed E-state index contributed by atoms with van der Waals surface area (Å²) in [6, 6.07) is 12.1. The molecule has 6 nitrogen and oxygen atoms in total. The van der Waals surface area contributed by atoms with Crippen molar-refractivity contribution in [2.75, 3.05) is 26.2 Å². The van der Waals surface area contributed by atoms with E-state index in [4.69, 9.17) is 0 Å². The number of piperidine rings is 1. The van der Waals surface area contributed by atoms with Gasteiger partial charge in [-0.15, -0.1) is 0 Å². The normalized spacial score (nSPS) is 14.0. The van der Waals surface area contributed by atoms with Crippen LogP contribution in [0.15, 0.2) is 48.5 Å². The summed E-state index contributed by atoms with van der Waals surface area (Å²) in [6.07, 6.45) is 2.96. The van der Waals surface area contributed by atoms with Crippen molar-refractivity contribution in [3.63, 3.8) is 0 Å². The van der Waals surface area contributed by atoms with Gasteiger partial charge in [0.15, 0.2) is 0 Å². The lowest BCUT2D eigenvalue weighted by molar-refractivity contribution is -0.134. The van der Waals surface area contributed by atoms with E-state index in [0.717, 1.165) is 31.4 Å². The molecule has 182 valence electrons. The van der Waals surface area contributed by atoms with E-state index in [-0.39, 0.29) is 36.4 Å². The van der Waals surface area contributed by atoms with Crippen LogP contribution in [0.5, 0.6) is 0 Å². The molecule has 1 saturated heterocycles. The van der Waals surface area contributed by atoms with Crippen LogP contribution in [0.3, 0.4) is 0 Å². The maximum atomic E-state index is 13.7. The number of amides is 3. The second-order valence-corrected chi connectivity index (χ2v) is 8.46. The minimum atomic E-state index is -0.917. The van der Waals surface area contributed by atoms with Crippen molar-refractivity contribution in [2.45, 2.75) is 45.1 Å². The Bertz CT molecular complexity index is 992. The van der Waals surface area contributed by atoms with Crippen molar-refractivity contribution < 1.29 is 23.2 Å². The van der Waals surface area contributed by atoms with Crippen LogP contribution in [0.2, 0.25) is 0 Å². The third-order valence-electron chi connectivity index (χ3n) is 6.03. The van der Waals surface area contributed by atoms with Gasteiger partial charge in [-0.1, -0.05) is 25.1 Å². The van der Waals surface area contributed by atoms with Crippen LogP contribution in [0.1, 0.15) is 59.7 Å². The van der Waals surface area contributed by atoms with E-state index in [1.165, 1.54) is 0 Å². The molecule has 1 N–H and O–H groups in total. The van der Waals surface area contributed by atoms with Gasteiger partial charge in [0.2, 0.25) is 5.91 Å². The first-order valence-electron chi connectivity index (χ1n) is 11.8. The van der Waals surface area contributed by atoms with Gasteiger partial charge in [0.25, 0.3) is 11.8 Å². The molecule has 3 amide bonds. The first kappa shape index (κ1) is 25.3. The van der Waals surface area contributed by atoms with Gasteiger partial charge in [-0.2, -0.15) is 0 Å². The lowest BCUT2D eigenvalue weighted by atomic mass is 10.0. The molecular formula is C26H31F2N3O3. The molecule has 0 atom stereocenters. The number of rotatable bonds is 9. The molecule has 3 rings (SSSR count). The summed E-state index contributed by atoms with van der Waals surface area (Å²) < 4.78 is 26.7. The number of benzene rings is 2. The number of carbonyl (C=O) groups is 3. The standard InChI is InChI=1S/C26H31F2N3O3/c1-2-15-31(21-12-16-30(17-13-21)26(34)19-7-4-3-5-8-19)24(32)9-6-14-29-25(33)22-11-10-20(27)18-23(22)28/h3-5,7-8,10-11,18,21H,2,6,9,12-17H2,1H3,(H,29,33). The SMILES string of the molecule is CCCN(C(=O)CCCNC(=O)c1ccc(F)cc1F)C1CCN(C(=O)c2ccccc2)CC1. The number of halogens is 2. The number of hydrogen-bond donors (Lipinski definition) is 1. The molecule has 1 fully saturated rings. The predicted molar refractivity (Wildman–Crippen MR) is 125 cm³/mol. The molecule has 2 aromatic rings. The van der Waals surface area contributed by atoms with E-state index in [2.05, 4.69) is 5.32 Å². The molecule has 0 spiro atoms. The molecule has 1 aliphatic rings. The molecule has 0 aliphatic carbocycles. The van der Waals surface area contributed by atoms with Crippen molar-refractivity contribution in [1.82, 2.24) is 15.1 Å². The molecule has 0 radical (unpaired) electrons. The predicted octanol–water partition coefficient (Wildman–Crippen LogP) is 4.02. The Hall–Kier alpha value is -3.29. The van der Waals surface area contributed by atoms with E-state index in [0.29, 0.717) is 37.7 Å². The van der Waals surface area contributed by atoms with Gasteiger partial charge in [0.05, 0.1) is 5.56 Å². The minimum absolute atomic E-state index is 0.0110. The Morgan fingerprint density at radius 1 is 1.06 bits per heavy atom. The van der Waals surface area contributed by atoms with Gasteiger partial charge >= 0.3 is 0 Å². The van der Waals surface area contributed by atoms with E-state index in [9.17, 15) is 23.2 Å². The Balaban J connectivity index is 1.46. The third kappa shape index (κ3) is 6.62. The molecule has 34 heavy (non-hydrogen) atoms. The van der Waals surface area contributed by atoms with E-state index in [1.54, 1.807) is 0 Å². The molecular weight excluding hydrogens is 440 g/mol. The van der Waals surface area contributed by atoms with Gasteiger partial charge in [-0.05, 0) is 49.9 Å². The highest BCUT2D eigenvalue weighted by atomic mass is 19.1. The maximum Gasteiger partial charge on any atom is 0.254 e. The van der Waals surface area contributed by atoms with Crippen LogP contribution in [0, 0.1) is 11.6 Å². The highest BCUT2D eigenvalue weighted by molar-refractivity contribution is 5.94. The highest BCUT2D eigenvalue weighted by Crippen LogP contribution is 2.20. The van der Waals surface area contributed by atoms with Gasteiger partial charge in [0.1, 0.15) is 11.6 Å². The fraction of sp³-hybridized carbons (Fsp3) is 0.423. The van der Waals surface area contributed by atoms with Crippen molar-refractivity contribution in [3.05, 3.63) is 71.3 Å². The minimum Gasteiger partial charge on any atom is -0.352 e. The Labute approximate surface area is 198 Å². The molecule has 8 heteroatoms. The molecule has 0 aromatic heterocycles. The first-order valence-corrected chi connectivity index (χ1v) is 11.8. The van der Waals surface area contributed by atoms with Crippen molar-refractivity contribution in [2.24, 2.45) is 0 Å². The Morgan fingerprint density at radius 2 is 1.76 bits per heavy atom. The number of carbonyl (C=O) groups excluding carboxylic acids is 3. The van der Waals surface area contributed by atoms with E-state index < -0.39 is 17.5 Å². The van der Waals surface area contributed by atoms with Gasteiger partial charge in [-0.3, -0.25) is 14.4 Å². The average molecular weight is 472 g/mol. The summed E-state index contributed by atoms with van der Waals surface area (Å²) >= 11 is 0. The quantitative estimate of drug-likeness (QED) is 0.562. The summed E-state index contributed by atoms with van der Waals surface area (Å²) in [5.41, 5.74) is 0.446. The second-order valence-electron chi connectivity index (χ2n) is 8.46. The lowest BCUT2D eigenvalue weighted by Gasteiger charge is -2.38. The molecule has 0 bridgehead atoms. The molecule has 0 saturated carbocycles. The fourth-order valence-corrected chi connectivity index (χ4v) is 4.25. The van der Waals surface area contributed by atoms with E-state index in [1.807, 2.05) is 47.1 Å². The zero-order chi connectivity index (χ0) is 24.5. The number of likely N-dealkylation sites (tertiary alicyclic amines) is 1. The zero-order valence-electron chi connectivity index (χ0n) is 19.4. The summed E-state index contributed by atoms with van der Waals surface area (Å²) in [6.45, 7) is 4.08. The topological polar surface area (TPSA) is 69.7 Å². The monoisotopic (exact) mass is 471 g/mol. The maximum absolute atomic E-state index is 13.7. The highest BCUT2D eigenvalue weighted by Gasteiger charge is 2.29. The van der Waals surface area contributed by atoms with Crippen LogP contribution in [-0.2, 0) is 4.79 Å². The van der Waals surface area contributed by atoms with Crippen molar-refractivity contribution >= 4 is 17.7 Å². The largest absolute Gasteiger partial charge is 0.352 e. The lowest BCUT2D eigenvalue weighted by Crippen LogP contribution is -2.49. The second kappa shape index (κ2) is 12.3. The summed E-state index contributed by atoms with van der Waals surface area (Å²) in [5.74, 6) is -2.27. The average Bonchev–Trinajstić information content (AvgIpc) is 2.85. The van der Waals surface area contributed by atoms with Gasteiger partial charge < -0.3 is 15.1 Å². The van der Waals surface area contributed by atoms with Gasteiger partial charge in [0, 0.05) is 50.3 Å². The Kier molecular flexibility index (Phi) is 9.13. The molecule has 1 aliphatic heterocycles.